The van der Waals surface area contributed by atoms with Gasteiger partial charge in [-0.3, -0.25) is 0 Å². The van der Waals surface area contributed by atoms with Crippen LogP contribution in [-0.4, -0.2) is 13.7 Å². The molecule has 27 heavy (non-hydrogen) atoms. The van der Waals surface area contributed by atoms with Gasteiger partial charge in [0.05, 0.1) is 13.7 Å². The molecule has 0 aliphatic heterocycles. The molecule has 0 aliphatic carbocycles. The molecule has 0 unspecified atom stereocenters. The van der Waals surface area contributed by atoms with Crippen molar-refractivity contribution in [3.8, 4) is 22.6 Å². The molecule has 0 atom stereocenters. The van der Waals surface area contributed by atoms with Crippen LogP contribution in [0, 0.1) is 0 Å². The third-order valence-corrected chi connectivity index (χ3v) is 4.63. The highest BCUT2D eigenvalue weighted by atomic mass is 16.5. The molecule has 140 valence electrons. The molecule has 0 saturated carbocycles. The monoisotopic (exact) mass is 362 g/mol. The molecule has 3 rings (SSSR count). The Morgan fingerprint density at radius 3 is 1.89 bits per heavy atom. The Balaban J connectivity index is 1.34. The van der Waals surface area contributed by atoms with Crippen LogP contribution in [0.15, 0.2) is 79.1 Å². The van der Waals surface area contributed by atoms with Crippen LogP contribution in [0.4, 0.5) is 0 Å². The highest BCUT2D eigenvalue weighted by molar-refractivity contribution is 5.64. The van der Waals surface area contributed by atoms with Crippen molar-refractivity contribution >= 4 is 0 Å². The third kappa shape index (κ3) is 6.14. The van der Waals surface area contributed by atoms with Crippen LogP contribution >= 0.6 is 0 Å². The molecule has 3 heteroatoms. The van der Waals surface area contributed by atoms with Gasteiger partial charge in [0.1, 0.15) is 18.0 Å². The maximum atomic E-state index is 5.87. The summed E-state index contributed by atoms with van der Waals surface area (Å²) < 4.78 is 13.3. The average molecular weight is 362 g/mol. The predicted molar refractivity (Wildman–Crippen MR) is 109 cm³/mol. The topological polar surface area (TPSA) is 22.3 Å². The Labute approximate surface area is 162 Å². The lowest BCUT2D eigenvalue weighted by Gasteiger charge is -2.08. The predicted octanol–water partition coefficient (Wildman–Crippen LogP) is 5.29. The lowest BCUT2D eigenvalue weighted by molar-refractivity contribution is -0.697. The van der Waals surface area contributed by atoms with Gasteiger partial charge in [0.15, 0.2) is 12.4 Å². The van der Waals surface area contributed by atoms with Gasteiger partial charge < -0.3 is 9.47 Å². The minimum absolute atomic E-state index is 0.778. The number of nitrogens with zero attached hydrogens (tertiary/aromatic N) is 1. The molecule has 1 heterocycles. The zero-order chi connectivity index (χ0) is 18.7. The van der Waals surface area contributed by atoms with Crippen LogP contribution in [0.25, 0.3) is 11.1 Å². The maximum absolute atomic E-state index is 5.87. The van der Waals surface area contributed by atoms with Crippen molar-refractivity contribution < 1.29 is 14.0 Å². The summed E-state index contributed by atoms with van der Waals surface area (Å²) in [5.74, 6) is 1.81. The molecule has 0 saturated heterocycles. The summed E-state index contributed by atoms with van der Waals surface area (Å²) in [6, 6.07) is 22.6. The largest absolute Gasteiger partial charge is 0.497 e. The number of aryl methyl sites for hydroxylation is 1. The number of ether oxygens (including phenoxy) is 2. The standard InChI is InChI=1S/C24H28NO2/c1-26-23-13-9-21(10-14-23)22-11-15-24(16-12-22)27-20-8-3-2-5-17-25-18-6-4-7-19-25/h4,6-7,9-16,18-19H,2-3,5,8,17,20H2,1H3/q+1. The zero-order valence-electron chi connectivity index (χ0n) is 16.0. The van der Waals surface area contributed by atoms with Crippen LogP contribution < -0.4 is 14.0 Å². The van der Waals surface area contributed by atoms with Crippen molar-refractivity contribution in [2.24, 2.45) is 0 Å². The summed E-state index contributed by atoms with van der Waals surface area (Å²) in [7, 11) is 1.68. The van der Waals surface area contributed by atoms with Crippen molar-refractivity contribution in [1.29, 1.82) is 0 Å². The van der Waals surface area contributed by atoms with Crippen LogP contribution in [0.2, 0.25) is 0 Å². The molecule has 0 radical (unpaired) electrons. The van der Waals surface area contributed by atoms with Crippen molar-refractivity contribution in [3.05, 3.63) is 79.1 Å². The Morgan fingerprint density at radius 1 is 0.667 bits per heavy atom. The zero-order valence-corrected chi connectivity index (χ0v) is 16.0. The molecular weight excluding hydrogens is 334 g/mol. The van der Waals surface area contributed by atoms with E-state index in [1.165, 1.54) is 30.4 Å². The molecule has 2 aromatic carbocycles. The second-order valence-corrected chi connectivity index (χ2v) is 6.63. The second-order valence-electron chi connectivity index (χ2n) is 6.63. The Bertz CT molecular complexity index is 783. The van der Waals surface area contributed by atoms with Crippen LogP contribution in [0.1, 0.15) is 25.7 Å². The molecular formula is C24H28NO2+. The highest BCUT2D eigenvalue weighted by Gasteiger charge is 2.01. The van der Waals surface area contributed by atoms with E-state index in [-0.39, 0.29) is 0 Å². The van der Waals surface area contributed by atoms with E-state index in [1.54, 1.807) is 7.11 Å². The quantitative estimate of drug-likeness (QED) is 0.361. The first kappa shape index (κ1) is 19.0. The second kappa shape index (κ2) is 10.4. The summed E-state index contributed by atoms with van der Waals surface area (Å²) in [5, 5.41) is 0. The van der Waals surface area contributed by atoms with E-state index in [0.29, 0.717) is 0 Å². The van der Waals surface area contributed by atoms with E-state index in [9.17, 15) is 0 Å². The highest BCUT2D eigenvalue weighted by Crippen LogP contribution is 2.24. The van der Waals surface area contributed by atoms with E-state index in [4.69, 9.17) is 9.47 Å². The number of rotatable bonds is 10. The molecule has 0 bridgehead atoms. The maximum Gasteiger partial charge on any atom is 0.168 e. The van der Waals surface area contributed by atoms with Crippen molar-refractivity contribution in [2.75, 3.05) is 13.7 Å². The smallest absolute Gasteiger partial charge is 0.168 e. The van der Waals surface area contributed by atoms with Crippen LogP contribution in [0.5, 0.6) is 11.5 Å². The van der Waals surface area contributed by atoms with Gasteiger partial charge in [0.25, 0.3) is 0 Å². The number of pyridine rings is 1. The van der Waals surface area contributed by atoms with Crippen molar-refractivity contribution in [3.63, 3.8) is 0 Å². The fourth-order valence-electron chi connectivity index (χ4n) is 3.05. The van der Waals surface area contributed by atoms with E-state index in [1.807, 2.05) is 24.3 Å². The number of benzene rings is 2. The number of hydrogen-bond acceptors (Lipinski definition) is 2. The summed E-state index contributed by atoms with van der Waals surface area (Å²) in [6.07, 6.45) is 9.00. The normalized spacial score (nSPS) is 10.6. The van der Waals surface area contributed by atoms with E-state index < -0.39 is 0 Å². The molecule has 0 spiro atoms. The first-order chi connectivity index (χ1) is 13.3. The van der Waals surface area contributed by atoms with E-state index in [2.05, 4.69) is 59.4 Å². The van der Waals surface area contributed by atoms with E-state index >= 15 is 0 Å². The summed E-state index contributed by atoms with van der Waals surface area (Å²) in [5.41, 5.74) is 2.36. The number of methoxy groups -OCH3 is 1. The Morgan fingerprint density at radius 2 is 1.26 bits per heavy atom. The van der Waals surface area contributed by atoms with Gasteiger partial charge in [0, 0.05) is 18.6 Å². The van der Waals surface area contributed by atoms with Crippen LogP contribution in [0.3, 0.4) is 0 Å². The molecule has 0 amide bonds. The van der Waals surface area contributed by atoms with Gasteiger partial charge in [-0.25, -0.2) is 4.57 Å². The lowest BCUT2D eigenvalue weighted by atomic mass is 10.1. The molecule has 3 aromatic rings. The lowest BCUT2D eigenvalue weighted by Crippen LogP contribution is -2.32. The van der Waals surface area contributed by atoms with Gasteiger partial charge in [-0.05, 0) is 54.7 Å². The fraction of sp³-hybridized carbons (Fsp3) is 0.292. The third-order valence-electron chi connectivity index (χ3n) is 4.63. The summed E-state index contributed by atoms with van der Waals surface area (Å²) in [4.78, 5) is 0. The molecule has 0 fully saturated rings. The van der Waals surface area contributed by atoms with Crippen molar-refractivity contribution in [1.82, 2.24) is 0 Å². The Kier molecular flexibility index (Phi) is 7.28. The minimum Gasteiger partial charge on any atom is -0.497 e. The molecule has 3 nitrogen and oxygen atoms in total. The number of aromatic nitrogens is 1. The molecule has 1 aromatic heterocycles. The fourth-order valence-corrected chi connectivity index (χ4v) is 3.05. The van der Waals surface area contributed by atoms with Gasteiger partial charge in [-0.1, -0.05) is 30.3 Å². The first-order valence-corrected chi connectivity index (χ1v) is 9.66. The van der Waals surface area contributed by atoms with Gasteiger partial charge >= 0.3 is 0 Å². The van der Waals surface area contributed by atoms with E-state index in [0.717, 1.165) is 31.1 Å². The SMILES string of the molecule is COc1ccc(-c2ccc(OCCCCCC[n+]3ccccc3)cc2)cc1. The number of hydrogen-bond donors (Lipinski definition) is 0. The van der Waals surface area contributed by atoms with Gasteiger partial charge in [0.2, 0.25) is 0 Å². The van der Waals surface area contributed by atoms with Crippen LogP contribution in [-0.2, 0) is 6.54 Å². The minimum atomic E-state index is 0.778. The first-order valence-electron chi connectivity index (χ1n) is 9.66. The summed E-state index contributed by atoms with van der Waals surface area (Å²) >= 11 is 0. The summed E-state index contributed by atoms with van der Waals surface area (Å²) in [6.45, 7) is 1.87. The van der Waals surface area contributed by atoms with Crippen molar-refractivity contribution in [2.45, 2.75) is 32.2 Å². The Hall–Kier alpha value is -2.81. The average Bonchev–Trinajstić information content (AvgIpc) is 2.74. The number of unbranched alkanes of at least 4 members (excludes halogenated alkanes) is 3. The molecule has 0 aliphatic rings. The van der Waals surface area contributed by atoms with Gasteiger partial charge in [-0.15, -0.1) is 0 Å². The molecule has 0 N–H and O–H groups in total. The van der Waals surface area contributed by atoms with Gasteiger partial charge in [-0.2, -0.15) is 0 Å².